The van der Waals surface area contributed by atoms with Gasteiger partial charge in [-0.15, -0.1) is 11.8 Å². The van der Waals surface area contributed by atoms with Crippen LogP contribution in [0.3, 0.4) is 0 Å². The Morgan fingerprint density at radius 3 is 3.06 bits per heavy atom. The molecule has 0 aromatic carbocycles. The number of nitrogens with one attached hydrogen (secondary N) is 1. The van der Waals surface area contributed by atoms with Gasteiger partial charge in [-0.25, -0.2) is 4.98 Å². The van der Waals surface area contributed by atoms with Gasteiger partial charge >= 0.3 is 0 Å². The zero-order valence-electron chi connectivity index (χ0n) is 9.43. The summed E-state index contributed by atoms with van der Waals surface area (Å²) in [7, 11) is 0. The van der Waals surface area contributed by atoms with Gasteiger partial charge in [0.1, 0.15) is 5.03 Å². The molecule has 1 unspecified atom stereocenters. The molecule has 88 valence electrons. The van der Waals surface area contributed by atoms with Crippen LogP contribution in [0.1, 0.15) is 23.7 Å². The molecule has 1 amide bonds. The van der Waals surface area contributed by atoms with Crippen LogP contribution in [0.4, 0.5) is 0 Å². The molecule has 0 radical (unpaired) electrons. The van der Waals surface area contributed by atoms with Crippen molar-refractivity contribution in [1.29, 1.82) is 0 Å². The predicted octanol–water partition coefficient (Wildman–Crippen LogP) is 1.30. The van der Waals surface area contributed by atoms with E-state index in [-0.39, 0.29) is 5.91 Å². The molecule has 0 bridgehead atoms. The lowest BCUT2D eigenvalue weighted by molar-refractivity contribution is 0.0942. The number of aliphatic hydroxyl groups is 1. The fourth-order valence-corrected chi connectivity index (χ4v) is 1.76. The van der Waals surface area contributed by atoms with Crippen LogP contribution in [-0.2, 0) is 0 Å². The van der Waals surface area contributed by atoms with Crippen LogP contribution in [-0.4, -0.2) is 34.9 Å². The average Bonchev–Trinajstić information content (AvgIpc) is 2.28. The van der Waals surface area contributed by atoms with Crippen LogP contribution in [0.25, 0.3) is 0 Å². The Morgan fingerprint density at radius 1 is 1.69 bits per heavy atom. The summed E-state index contributed by atoms with van der Waals surface area (Å²) in [5, 5.41) is 12.5. The Hall–Kier alpha value is -1.07. The van der Waals surface area contributed by atoms with E-state index in [1.807, 2.05) is 6.26 Å². The third-order valence-corrected chi connectivity index (χ3v) is 2.77. The molecule has 0 spiro atoms. The summed E-state index contributed by atoms with van der Waals surface area (Å²) in [5.41, 5.74) is 0.584. The van der Waals surface area contributed by atoms with Gasteiger partial charge in [-0.05, 0) is 31.7 Å². The Labute approximate surface area is 99.5 Å². The first-order chi connectivity index (χ1) is 7.65. The number of thioether (sulfide) groups is 1. The molecular formula is C11H16N2O2S. The Balaban J connectivity index is 2.59. The van der Waals surface area contributed by atoms with Gasteiger partial charge in [0.25, 0.3) is 5.91 Å². The van der Waals surface area contributed by atoms with E-state index >= 15 is 0 Å². The minimum Gasteiger partial charge on any atom is -0.393 e. The lowest BCUT2D eigenvalue weighted by Gasteiger charge is -2.08. The Bertz CT molecular complexity index is 356. The van der Waals surface area contributed by atoms with Crippen LogP contribution in [0.2, 0.25) is 0 Å². The van der Waals surface area contributed by atoms with Gasteiger partial charge in [-0.2, -0.15) is 0 Å². The highest BCUT2D eigenvalue weighted by Crippen LogP contribution is 2.16. The molecule has 4 nitrogen and oxygen atoms in total. The van der Waals surface area contributed by atoms with E-state index in [4.69, 9.17) is 5.11 Å². The van der Waals surface area contributed by atoms with Crippen molar-refractivity contribution in [3.63, 3.8) is 0 Å². The topological polar surface area (TPSA) is 62.2 Å². The zero-order chi connectivity index (χ0) is 12.0. The Morgan fingerprint density at radius 2 is 2.44 bits per heavy atom. The molecule has 0 saturated heterocycles. The zero-order valence-corrected chi connectivity index (χ0v) is 10.3. The Kier molecular flexibility index (Phi) is 5.28. The van der Waals surface area contributed by atoms with Crippen LogP contribution in [0, 0.1) is 0 Å². The predicted molar refractivity (Wildman–Crippen MR) is 64.6 cm³/mol. The van der Waals surface area contributed by atoms with E-state index in [9.17, 15) is 4.79 Å². The molecule has 0 aliphatic heterocycles. The minimum atomic E-state index is -0.394. The number of rotatable bonds is 5. The van der Waals surface area contributed by atoms with Gasteiger partial charge < -0.3 is 10.4 Å². The van der Waals surface area contributed by atoms with Crippen molar-refractivity contribution in [1.82, 2.24) is 10.3 Å². The molecule has 5 heteroatoms. The third-order valence-electron chi connectivity index (χ3n) is 2.06. The van der Waals surface area contributed by atoms with Gasteiger partial charge in [-0.1, -0.05) is 0 Å². The molecule has 1 aromatic heterocycles. The first-order valence-corrected chi connectivity index (χ1v) is 6.33. The second-order valence-electron chi connectivity index (χ2n) is 3.45. The van der Waals surface area contributed by atoms with E-state index in [0.29, 0.717) is 18.5 Å². The molecule has 1 rings (SSSR count). The maximum Gasteiger partial charge on any atom is 0.254 e. The van der Waals surface area contributed by atoms with Gasteiger partial charge in [0, 0.05) is 12.7 Å². The normalized spacial score (nSPS) is 12.2. The monoisotopic (exact) mass is 240 g/mol. The second-order valence-corrected chi connectivity index (χ2v) is 4.25. The van der Waals surface area contributed by atoms with E-state index < -0.39 is 6.10 Å². The van der Waals surface area contributed by atoms with E-state index in [2.05, 4.69) is 10.3 Å². The van der Waals surface area contributed by atoms with Crippen molar-refractivity contribution < 1.29 is 9.90 Å². The maximum atomic E-state index is 11.8. The quantitative estimate of drug-likeness (QED) is 0.762. The summed E-state index contributed by atoms with van der Waals surface area (Å²) in [4.78, 5) is 15.9. The molecule has 0 fully saturated rings. The summed E-state index contributed by atoms with van der Waals surface area (Å²) in [6.07, 6.45) is 3.71. The molecular weight excluding hydrogens is 224 g/mol. The lowest BCUT2D eigenvalue weighted by Crippen LogP contribution is -2.27. The van der Waals surface area contributed by atoms with Crippen molar-refractivity contribution >= 4 is 17.7 Å². The third kappa shape index (κ3) is 3.83. The van der Waals surface area contributed by atoms with Gasteiger partial charge in [0.05, 0.1) is 11.7 Å². The van der Waals surface area contributed by atoms with E-state index in [1.165, 1.54) is 11.8 Å². The summed E-state index contributed by atoms with van der Waals surface area (Å²) in [5.74, 6) is -0.141. The highest BCUT2D eigenvalue weighted by Gasteiger charge is 2.10. The van der Waals surface area contributed by atoms with Gasteiger partial charge in [-0.3, -0.25) is 4.79 Å². The number of nitrogens with zero attached hydrogens (tertiary/aromatic N) is 1. The van der Waals surface area contributed by atoms with Crippen LogP contribution >= 0.6 is 11.8 Å². The number of aliphatic hydroxyl groups excluding tert-OH is 1. The van der Waals surface area contributed by atoms with Crippen LogP contribution < -0.4 is 5.32 Å². The number of carbonyl (C=O) groups excluding carboxylic acids is 1. The first kappa shape index (κ1) is 13.0. The van der Waals surface area contributed by atoms with Crippen molar-refractivity contribution in [3.05, 3.63) is 23.9 Å². The van der Waals surface area contributed by atoms with Gasteiger partial charge in [0.15, 0.2) is 0 Å². The summed E-state index contributed by atoms with van der Waals surface area (Å²) in [6.45, 7) is 2.17. The van der Waals surface area contributed by atoms with E-state index in [0.717, 1.165) is 5.03 Å². The number of amides is 1. The molecule has 1 atom stereocenters. The van der Waals surface area contributed by atoms with Crippen molar-refractivity contribution in [3.8, 4) is 0 Å². The molecule has 2 N–H and O–H groups in total. The van der Waals surface area contributed by atoms with Crippen molar-refractivity contribution in [2.45, 2.75) is 24.5 Å². The largest absolute Gasteiger partial charge is 0.393 e. The van der Waals surface area contributed by atoms with Crippen molar-refractivity contribution in [2.75, 3.05) is 12.8 Å². The van der Waals surface area contributed by atoms with Crippen LogP contribution in [0.5, 0.6) is 0 Å². The fraction of sp³-hybridized carbons (Fsp3) is 0.455. The van der Waals surface area contributed by atoms with E-state index in [1.54, 1.807) is 25.3 Å². The van der Waals surface area contributed by atoms with Crippen LogP contribution in [0.15, 0.2) is 23.4 Å². The summed E-state index contributed by atoms with van der Waals surface area (Å²) in [6, 6.07) is 3.49. The highest BCUT2D eigenvalue weighted by atomic mass is 32.2. The number of pyridine rings is 1. The summed E-state index contributed by atoms with van der Waals surface area (Å²) >= 11 is 1.44. The number of carbonyl (C=O) groups is 1. The number of hydrogen-bond acceptors (Lipinski definition) is 4. The molecule has 1 aromatic rings. The number of hydrogen-bond donors (Lipinski definition) is 2. The molecule has 16 heavy (non-hydrogen) atoms. The molecule has 0 saturated carbocycles. The average molecular weight is 240 g/mol. The van der Waals surface area contributed by atoms with Gasteiger partial charge in [0.2, 0.25) is 0 Å². The lowest BCUT2D eigenvalue weighted by atomic mass is 10.2. The smallest absolute Gasteiger partial charge is 0.254 e. The molecule has 0 aliphatic rings. The number of aromatic nitrogens is 1. The standard InChI is InChI=1S/C11H16N2O2S/c1-8(14)5-7-12-10(15)9-4-3-6-13-11(9)16-2/h3-4,6,8,14H,5,7H2,1-2H3,(H,12,15). The molecule has 1 heterocycles. The summed E-state index contributed by atoms with van der Waals surface area (Å²) < 4.78 is 0. The first-order valence-electron chi connectivity index (χ1n) is 5.10. The molecule has 0 aliphatic carbocycles. The maximum absolute atomic E-state index is 11.8. The SMILES string of the molecule is CSc1ncccc1C(=O)NCCC(C)O. The minimum absolute atomic E-state index is 0.141. The second kappa shape index (κ2) is 6.50. The fourth-order valence-electron chi connectivity index (χ4n) is 1.22. The van der Waals surface area contributed by atoms with Crippen molar-refractivity contribution in [2.24, 2.45) is 0 Å². The highest BCUT2D eigenvalue weighted by molar-refractivity contribution is 7.98.